The Kier molecular flexibility index (Phi) is 4.78. The molecule has 1 aliphatic heterocycles. The number of amides is 2. The van der Waals surface area contributed by atoms with Crippen LogP contribution in [0.25, 0.3) is 0 Å². The number of hydrogen-bond donors (Lipinski definition) is 2. The Morgan fingerprint density at radius 2 is 2.23 bits per heavy atom. The molecule has 0 radical (unpaired) electrons. The third kappa shape index (κ3) is 3.33. The van der Waals surface area contributed by atoms with E-state index in [4.69, 9.17) is 4.74 Å². The van der Waals surface area contributed by atoms with E-state index in [1.807, 2.05) is 6.07 Å². The fourth-order valence-electron chi connectivity index (χ4n) is 3.45. The summed E-state index contributed by atoms with van der Waals surface area (Å²) in [4.78, 5) is 24.7. The fourth-order valence-corrected chi connectivity index (χ4v) is 4.20. The van der Waals surface area contributed by atoms with E-state index in [1.165, 1.54) is 11.8 Å². The summed E-state index contributed by atoms with van der Waals surface area (Å²) in [6.45, 7) is 2.22. The number of nitrogens with one attached hydrogen (secondary N) is 2. The molecule has 2 amide bonds. The van der Waals surface area contributed by atoms with Crippen molar-refractivity contribution >= 4 is 23.2 Å². The maximum Gasteiger partial charge on any atom is 0.220 e. The van der Waals surface area contributed by atoms with Gasteiger partial charge in [-0.2, -0.15) is 0 Å². The molecule has 2 heterocycles. The monoisotopic (exact) mass is 322 g/mol. The van der Waals surface area contributed by atoms with Crippen LogP contribution >= 0.6 is 11.3 Å². The molecule has 2 aliphatic rings. The average Bonchev–Trinajstić information content (AvgIpc) is 3.12. The number of carbonyl (C=O) groups is 2. The van der Waals surface area contributed by atoms with E-state index < -0.39 is 0 Å². The maximum atomic E-state index is 12.1. The largest absolute Gasteiger partial charge is 0.376 e. The number of aryl methyl sites for hydroxylation is 1. The first-order chi connectivity index (χ1) is 10.6. The molecule has 6 heteroatoms. The molecule has 1 saturated heterocycles. The second kappa shape index (κ2) is 6.79. The third-order valence-corrected chi connectivity index (χ3v) is 5.43. The van der Waals surface area contributed by atoms with Gasteiger partial charge in [-0.05, 0) is 30.7 Å². The van der Waals surface area contributed by atoms with Crippen molar-refractivity contribution in [2.24, 2.45) is 5.92 Å². The molecule has 22 heavy (non-hydrogen) atoms. The normalized spacial score (nSPS) is 29.5. The average molecular weight is 322 g/mol. The zero-order chi connectivity index (χ0) is 15.5. The molecule has 5 nitrogen and oxygen atoms in total. The molecule has 1 aliphatic carbocycles. The molecule has 120 valence electrons. The minimum absolute atomic E-state index is 0.0191. The summed E-state index contributed by atoms with van der Waals surface area (Å²) in [6.07, 6.45) is 3.36. The van der Waals surface area contributed by atoms with Gasteiger partial charge in [-0.25, -0.2) is 0 Å². The topological polar surface area (TPSA) is 67.4 Å². The summed E-state index contributed by atoms with van der Waals surface area (Å²) < 4.78 is 5.64. The van der Waals surface area contributed by atoms with Crippen LogP contribution in [0.5, 0.6) is 0 Å². The van der Waals surface area contributed by atoms with Crippen LogP contribution < -0.4 is 10.6 Å². The molecule has 2 fully saturated rings. The van der Waals surface area contributed by atoms with Crippen LogP contribution in [-0.2, 0) is 20.7 Å². The summed E-state index contributed by atoms with van der Waals surface area (Å²) in [7, 11) is 0. The first-order valence-electron chi connectivity index (χ1n) is 7.85. The van der Waals surface area contributed by atoms with Gasteiger partial charge in [0.15, 0.2) is 0 Å². The van der Waals surface area contributed by atoms with Gasteiger partial charge in [0, 0.05) is 30.7 Å². The van der Waals surface area contributed by atoms with Crippen LogP contribution in [-0.4, -0.2) is 36.6 Å². The van der Waals surface area contributed by atoms with Gasteiger partial charge in [0.05, 0.1) is 18.2 Å². The van der Waals surface area contributed by atoms with Gasteiger partial charge >= 0.3 is 0 Å². The van der Waals surface area contributed by atoms with Gasteiger partial charge in [-0.1, -0.05) is 6.07 Å². The number of carbonyl (C=O) groups excluding carboxylic acids is 2. The highest BCUT2D eigenvalue weighted by molar-refractivity contribution is 7.09. The fraction of sp³-hybridized carbons (Fsp3) is 0.625. The second-order valence-electron chi connectivity index (χ2n) is 6.04. The van der Waals surface area contributed by atoms with Gasteiger partial charge in [0.2, 0.25) is 11.8 Å². The molecule has 2 N–H and O–H groups in total. The van der Waals surface area contributed by atoms with Crippen LogP contribution in [0.2, 0.25) is 0 Å². The third-order valence-electron chi connectivity index (χ3n) is 4.49. The van der Waals surface area contributed by atoms with Crippen LogP contribution in [0.4, 0.5) is 0 Å². The molecule has 1 aromatic rings. The summed E-state index contributed by atoms with van der Waals surface area (Å²) in [5.41, 5.74) is 0. The SMILES string of the molecule is CC(=O)N[C@@H]1[C@@H](NC(=O)CCCc2cccs2)[C@H]2CCO[C@H]21. The number of fused-ring (bicyclic) bond motifs is 1. The standard InChI is InChI=1S/C16H22N2O3S/c1-10(19)17-15-14(12-7-8-21-16(12)15)18-13(20)6-2-4-11-5-3-9-22-11/h3,5,9,12,14-16H,2,4,6-8H2,1H3,(H,17,19)(H,18,20)/t12-,14+,15-,16-/m1/s1. The lowest BCUT2D eigenvalue weighted by atomic mass is 9.71. The molecule has 4 atom stereocenters. The molecule has 0 bridgehead atoms. The Morgan fingerprint density at radius 3 is 2.95 bits per heavy atom. The number of thiophene rings is 1. The van der Waals surface area contributed by atoms with Crippen molar-refractivity contribution in [2.75, 3.05) is 6.61 Å². The minimum atomic E-state index is -0.0776. The van der Waals surface area contributed by atoms with E-state index in [-0.39, 0.29) is 30.0 Å². The Labute approximate surface area is 134 Å². The van der Waals surface area contributed by atoms with E-state index in [9.17, 15) is 9.59 Å². The van der Waals surface area contributed by atoms with E-state index in [0.29, 0.717) is 12.3 Å². The van der Waals surface area contributed by atoms with Crippen molar-refractivity contribution in [3.63, 3.8) is 0 Å². The summed E-state index contributed by atoms with van der Waals surface area (Å²) in [5, 5.41) is 8.06. The van der Waals surface area contributed by atoms with Crippen molar-refractivity contribution in [1.82, 2.24) is 10.6 Å². The first kappa shape index (κ1) is 15.5. The predicted octanol–water partition coefficient (Wildman–Crippen LogP) is 1.48. The van der Waals surface area contributed by atoms with Crippen LogP contribution in [0, 0.1) is 5.92 Å². The van der Waals surface area contributed by atoms with Gasteiger partial charge in [0.25, 0.3) is 0 Å². The van der Waals surface area contributed by atoms with E-state index in [0.717, 1.165) is 25.9 Å². The molecular formula is C16H22N2O3S. The van der Waals surface area contributed by atoms with Crippen LogP contribution in [0.1, 0.15) is 31.1 Å². The van der Waals surface area contributed by atoms with Gasteiger partial charge < -0.3 is 15.4 Å². The number of rotatable bonds is 6. The van der Waals surface area contributed by atoms with Gasteiger partial charge in [-0.3, -0.25) is 9.59 Å². The maximum absolute atomic E-state index is 12.1. The van der Waals surface area contributed by atoms with Crippen molar-refractivity contribution in [3.8, 4) is 0 Å². The second-order valence-corrected chi connectivity index (χ2v) is 7.07. The highest BCUT2D eigenvalue weighted by Gasteiger charge is 2.54. The minimum Gasteiger partial charge on any atom is -0.376 e. The van der Waals surface area contributed by atoms with Gasteiger partial charge in [-0.15, -0.1) is 11.3 Å². The summed E-state index contributed by atoms with van der Waals surface area (Å²) >= 11 is 1.73. The Hall–Kier alpha value is -1.40. The molecule has 0 unspecified atom stereocenters. The van der Waals surface area contributed by atoms with Gasteiger partial charge in [0.1, 0.15) is 0 Å². The quantitative estimate of drug-likeness (QED) is 0.833. The van der Waals surface area contributed by atoms with E-state index >= 15 is 0 Å². The lowest BCUT2D eigenvalue weighted by Crippen LogP contribution is -2.70. The molecule has 1 saturated carbocycles. The zero-order valence-corrected chi connectivity index (χ0v) is 13.5. The Bertz CT molecular complexity index is 532. The van der Waals surface area contributed by atoms with Crippen LogP contribution in [0.3, 0.4) is 0 Å². The predicted molar refractivity (Wildman–Crippen MR) is 84.6 cm³/mol. The lowest BCUT2D eigenvalue weighted by Gasteiger charge is -2.47. The highest BCUT2D eigenvalue weighted by atomic mass is 32.1. The molecular weight excluding hydrogens is 300 g/mol. The molecule has 3 rings (SSSR count). The summed E-state index contributed by atoms with van der Waals surface area (Å²) in [6, 6.07) is 4.07. The number of hydrogen-bond acceptors (Lipinski definition) is 4. The van der Waals surface area contributed by atoms with E-state index in [1.54, 1.807) is 11.3 Å². The van der Waals surface area contributed by atoms with Crippen molar-refractivity contribution in [1.29, 1.82) is 0 Å². The summed E-state index contributed by atoms with van der Waals surface area (Å²) in [5.74, 6) is 0.344. The van der Waals surface area contributed by atoms with Crippen molar-refractivity contribution in [3.05, 3.63) is 22.4 Å². The number of ether oxygens (including phenoxy) is 1. The molecule has 0 aromatic carbocycles. The highest BCUT2D eigenvalue weighted by Crippen LogP contribution is 2.39. The Balaban J connectivity index is 1.46. The zero-order valence-electron chi connectivity index (χ0n) is 12.7. The van der Waals surface area contributed by atoms with Crippen molar-refractivity contribution < 1.29 is 14.3 Å². The lowest BCUT2D eigenvalue weighted by molar-refractivity contribution is -0.130. The molecule has 0 spiro atoms. The molecule has 1 aromatic heterocycles. The van der Waals surface area contributed by atoms with E-state index in [2.05, 4.69) is 22.1 Å². The van der Waals surface area contributed by atoms with Crippen molar-refractivity contribution in [2.45, 2.75) is 50.8 Å². The smallest absolute Gasteiger partial charge is 0.220 e. The first-order valence-corrected chi connectivity index (χ1v) is 8.73. The Morgan fingerprint density at radius 1 is 1.36 bits per heavy atom. The van der Waals surface area contributed by atoms with Crippen LogP contribution in [0.15, 0.2) is 17.5 Å².